The zero-order valence-electron chi connectivity index (χ0n) is 11.5. The number of rotatable bonds is 4. The van der Waals surface area contributed by atoms with Gasteiger partial charge in [0.2, 0.25) is 0 Å². The minimum Gasteiger partial charge on any atom is -0.478 e. The van der Waals surface area contributed by atoms with Gasteiger partial charge in [-0.15, -0.1) is 0 Å². The number of benzene rings is 1. The van der Waals surface area contributed by atoms with Crippen molar-refractivity contribution in [1.29, 1.82) is 0 Å². The summed E-state index contributed by atoms with van der Waals surface area (Å²) in [5.41, 5.74) is 0.556. The van der Waals surface area contributed by atoms with E-state index in [1.165, 1.54) is 12.1 Å². The third-order valence-corrected chi connectivity index (χ3v) is 4.85. The Labute approximate surface area is 123 Å². The highest BCUT2D eigenvalue weighted by atomic mass is 32.2. The summed E-state index contributed by atoms with van der Waals surface area (Å²) in [5.74, 6) is -1.19. The molecule has 0 radical (unpaired) electrons. The Morgan fingerprint density at radius 1 is 1.20 bits per heavy atom. The Balaban J connectivity index is 1.95. The molecule has 20 heavy (non-hydrogen) atoms. The average Bonchev–Trinajstić information content (AvgIpc) is 2.48. The van der Waals surface area contributed by atoms with Crippen molar-refractivity contribution in [1.82, 2.24) is 5.32 Å². The molecule has 108 valence electrons. The van der Waals surface area contributed by atoms with E-state index in [2.05, 4.69) is 11.6 Å². The van der Waals surface area contributed by atoms with Crippen molar-refractivity contribution in [2.24, 2.45) is 0 Å². The Kier molecular flexibility index (Phi) is 5.06. The predicted octanol–water partition coefficient (Wildman–Crippen LogP) is 2.79. The number of carboxylic acid groups (broad SMARTS) is 1. The number of thioether (sulfide) groups is 1. The van der Waals surface area contributed by atoms with Gasteiger partial charge in [-0.1, -0.05) is 6.07 Å². The predicted molar refractivity (Wildman–Crippen MR) is 80.4 cm³/mol. The second kappa shape index (κ2) is 6.79. The van der Waals surface area contributed by atoms with Gasteiger partial charge in [-0.3, -0.25) is 4.79 Å². The van der Waals surface area contributed by atoms with E-state index in [1.54, 1.807) is 12.1 Å². The molecule has 0 aliphatic heterocycles. The highest BCUT2D eigenvalue weighted by molar-refractivity contribution is 7.99. The summed E-state index contributed by atoms with van der Waals surface area (Å²) in [4.78, 5) is 23.0. The molecule has 2 N–H and O–H groups in total. The highest BCUT2D eigenvalue weighted by Gasteiger charge is 2.22. The first-order chi connectivity index (χ1) is 9.60. The van der Waals surface area contributed by atoms with Gasteiger partial charge in [0, 0.05) is 16.9 Å². The first-order valence-electron chi connectivity index (χ1n) is 6.77. The number of carbonyl (C=O) groups is 2. The van der Waals surface area contributed by atoms with Crippen molar-refractivity contribution < 1.29 is 14.7 Å². The SMILES string of the molecule is CSC1CCC(NC(=O)c2cccc(C(=O)O)c2)CC1. The Morgan fingerprint density at radius 3 is 2.45 bits per heavy atom. The monoisotopic (exact) mass is 293 g/mol. The van der Waals surface area contributed by atoms with Gasteiger partial charge in [-0.05, 0) is 50.1 Å². The van der Waals surface area contributed by atoms with E-state index in [1.807, 2.05) is 11.8 Å². The van der Waals surface area contributed by atoms with Gasteiger partial charge in [-0.2, -0.15) is 11.8 Å². The van der Waals surface area contributed by atoms with Crippen LogP contribution in [0.4, 0.5) is 0 Å². The molecule has 1 amide bonds. The number of aromatic carboxylic acids is 1. The summed E-state index contributed by atoms with van der Waals surface area (Å²) in [5, 5.41) is 12.6. The lowest BCUT2D eigenvalue weighted by molar-refractivity contribution is 0.0697. The van der Waals surface area contributed by atoms with Crippen LogP contribution in [0.1, 0.15) is 46.4 Å². The molecule has 4 nitrogen and oxygen atoms in total. The number of nitrogens with one attached hydrogen (secondary N) is 1. The van der Waals surface area contributed by atoms with E-state index in [4.69, 9.17) is 5.11 Å². The number of hydrogen-bond donors (Lipinski definition) is 2. The molecule has 5 heteroatoms. The molecule has 2 rings (SSSR count). The zero-order chi connectivity index (χ0) is 14.5. The van der Waals surface area contributed by atoms with Crippen LogP contribution >= 0.6 is 11.8 Å². The van der Waals surface area contributed by atoms with Crippen molar-refractivity contribution in [3.63, 3.8) is 0 Å². The Bertz CT molecular complexity index is 496. The molecular weight excluding hydrogens is 274 g/mol. The van der Waals surface area contributed by atoms with E-state index < -0.39 is 5.97 Å². The molecule has 0 heterocycles. The maximum absolute atomic E-state index is 12.1. The lowest BCUT2D eigenvalue weighted by Crippen LogP contribution is -2.38. The normalized spacial score (nSPS) is 22.2. The van der Waals surface area contributed by atoms with Crippen molar-refractivity contribution in [3.8, 4) is 0 Å². The second-order valence-corrected chi connectivity index (χ2v) is 6.21. The fourth-order valence-electron chi connectivity index (χ4n) is 2.51. The zero-order valence-corrected chi connectivity index (χ0v) is 12.3. The summed E-state index contributed by atoms with van der Waals surface area (Å²) >= 11 is 1.89. The van der Waals surface area contributed by atoms with Gasteiger partial charge in [-0.25, -0.2) is 4.79 Å². The van der Waals surface area contributed by atoms with Crippen LogP contribution in [0, 0.1) is 0 Å². The lowest BCUT2D eigenvalue weighted by atomic mass is 9.94. The Hall–Kier alpha value is -1.49. The van der Waals surface area contributed by atoms with Crippen LogP contribution in [-0.2, 0) is 0 Å². The summed E-state index contributed by atoms with van der Waals surface area (Å²) in [7, 11) is 0. The van der Waals surface area contributed by atoms with E-state index in [-0.39, 0.29) is 17.5 Å². The molecule has 0 unspecified atom stereocenters. The van der Waals surface area contributed by atoms with Crippen molar-refractivity contribution in [3.05, 3.63) is 35.4 Å². The highest BCUT2D eigenvalue weighted by Crippen LogP contribution is 2.26. The topological polar surface area (TPSA) is 66.4 Å². The number of amides is 1. The standard InChI is InChI=1S/C15H19NO3S/c1-20-13-7-5-12(6-8-13)16-14(17)10-3-2-4-11(9-10)15(18)19/h2-4,9,12-13H,5-8H2,1H3,(H,16,17)(H,18,19). The number of carbonyl (C=O) groups excluding carboxylic acids is 1. The maximum Gasteiger partial charge on any atom is 0.335 e. The number of hydrogen-bond acceptors (Lipinski definition) is 3. The van der Waals surface area contributed by atoms with Crippen molar-refractivity contribution in [2.75, 3.05) is 6.26 Å². The van der Waals surface area contributed by atoms with Crippen molar-refractivity contribution >= 4 is 23.6 Å². The van der Waals surface area contributed by atoms with Gasteiger partial charge < -0.3 is 10.4 Å². The molecule has 1 fully saturated rings. The molecule has 1 aliphatic rings. The van der Waals surface area contributed by atoms with Crippen LogP contribution in [0.5, 0.6) is 0 Å². The van der Waals surface area contributed by atoms with E-state index in [9.17, 15) is 9.59 Å². The summed E-state index contributed by atoms with van der Waals surface area (Å²) in [6.45, 7) is 0. The Morgan fingerprint density at radius 2 is 1.85 bits per heavy atom. The van der Waals surface area contributed by atoms with E-state index >= 15 is 0 Å². The van der Waals surface area contributed by atoms with Gasteiger partial charge in [0.1, 0.15) is 0 Å². The van der Waals surface area contributed by atoms with E-state index in [0.717, 1.165) is 25.7 Å². The van der Waals surface area contributed by atoms with Gasteiger partial charge >= 0.3 is 5.97 Å². The van der Waals surface area contributed by atoms with Crippen LogP contribution in [0.15, 0.2) is 24.3 Å². The van der Waals surface area contributed by atoms with Crippen LogP contribution in [0.2, 0.25) is 0 Å². The largest absolute Gasteiger partial charge is 0.478 e. The third kappa shape index (κ3) is 3.76. The first kappa shape index (κ1) is 14.9. The molecular formula is C15H19NO3S. The van der Waals surface area contributed by atoms with Crippen LogP contribution < -0.4 is 5.32 Å². The smallest absolute Gasteiger partial charge is 0.335 e. The molecule has 1 saturated carbocycles. The molecule has 1 aromatic rings. The molecule has 0 aromatic heterocycles. The fourth-order valence-corrected chi connectivity index (χ4v) is 3.25. The van der Waals surface area contributed by atoms with Crippen LogP contribution in [0.3, 0.4) is 0 Å². The molecule has 1 aromatic carbocycles. The van der Waals surface area contributed by atoms with Gasteiger partial charge in [0.25, 0.3) is 5.91 Å². The summed E-state index contributed by atoms with van der Waals surface area (Å²) < 4.78 is 0. The number of carboxylic acids is 1. The molecule has 0 atom stereocenters. The fraction of sp³-hybridized carbons (Fsp3) is 0.467. The minimum atomic E-state index is -1.01. The molecule has 1 aliphatic carbocycles. The lowest BCUT2D eigenvalue weighted by Gasteiger charge is -2.28. The van der Waals surface area contributed by atoms with Gasteiger partial charge in [0.05, 0.1) is 5.56 Å². The quantitative estimate of drug-likeness (QED) is 0.896. The van der Waals surface area contributed by atoms with Crippen LogP contribution in [-0.4, -0.2) is 34.5 Å². The molecule has 0 saturated heterocycles. The molecule has 0 bridgehead atoms. The van der Waals surface area contributed by atoms with E-state index in [0.29, 0.717) is 10.8 Å². The summed E-state index contributed by atoms with van der Waals surface area (Å²) in [6.07, 6.45) is 6.37. The first-order valence-corrected chi connectivity index (χ1v) is 8.06. The summed E-state index contributed by atoms with van der Waals surface area (Å²) in [6, 6.07) is 6.37. The average molecular weight is 293 g/mol. The molecule has 0 spiro atoms. The van der Waals surface area contributed by atoms with Crippen LogP contribution in [0.25, 0.3) is 0 Å². The van der Waals surface area contributed by atoms with Gasteiger partial charge in [0.15, 0.2) is 0 Å². The van der Waals surface area contributed by atoms with Crippen molar-refractivity contribution in [2.45, 2.75) is 37.0 Å². The second-order valence-electron chi connectivity index (χ2n) is 5.07. The maximum atomic E-state index is 12.1. The minimum absolute atomic E-state index is 0.142. The third-order valence-electron chi connectivity index (χ3n) is 3.71.